The number of carbonyl (C=O) groups excluding carboxylic acids is 2. The first kappa shape index (κ1) is 36.2. The van der Waals surface area contributed by atoms with Gasteiger partial charge in [0.1, 0.15) is 13.7 Å². The molecule has 1 aliphatic heterocycles. The van der Waals surface area contributed by atoms with E-state index in [0.717, 1.165) is 12.0 Å². The van der Waals surface area contributed by atoms with Gasteiger partial charge in [-0.05, 0) is 69.6 Å². The minimum absolute atomic E-state index is 0. The number of nitrogens with zero attached hydrogens (tertiary/aromatic N) is 1. The average Bonchev–Trinajstić information content (AvgIpc) is 3.23. The van der Waals surface area contributed by atoms with Crippen molar-refractivity contribution in [1.82, 2.24) is 4.90 Å². The van der Waals surface area contributed by atoms with Crippen LogP contribution in [0.15, 0.2) is 30.3 Å². The number of unbranched alkanes of at least 4 members (excludes halogenated alkanes) is 2. The Morgan fingerprint density at radius 1 is 1.17 bits per heavy atom. The molecule has 192 valence electrons. The van der Waals surface area contributed by atoms with E-state index in [0.29, 0.717) is 32.2 Å². The zero-order valence-corrected chi connectivity index (χ0v) is 24.4. The van der Waals surface area contributed by atoms with E-state index in [1.165, 1.54) is 28.4 Å². The number of hydrogen-bond donors (Lipinski definition) is 1. The zero-order chi connectivity index (χ0) is 25.2. The standard InChI is InChI=1S/C23H37N2O6PS2.2Li/c1-33-23(34-2)16-19(22(27)28)25(17-23)21(26)20(13-6-8-14-24)31-32(29,30)15-9-7-12-18-10-4-3-5-11-18;;/h3-5,10-11,19-20H,6-9,12-17,24H2,1-2H3,(H,27,28)(H,29,30);;/q;2*+1/p-2/t19-,20-;;/m0../s1. The number of carbonyl (C=O) groups is 2. The van der Waals surface area contributed by atoms with Crippen LogP contribution in [0.4, 0.5) is 0 Å². The number of hydrogen-bond acceptors (Lipinski definition) is 9. The van der Waals surface area contributed by atoms with E-state index in [-0.39, 0.29) is 63.3 Å². The van der Waals surface area contributed by atoms with Gasteiger partial charge >= 0.3 is 37.7 Å². The first-order chi connectivity index (χ1) is 16.2. The van der Waals surface area contributed by atoms with Gasteiger partial charge in [0.05, 0.1) is 16.1 Å². The Labute approximate surface area is 247 Å². The largest absolute Gasteiger partial charge is 1.00 e. The molecule has 36 heavy (non-hydrogen) atoms. The molecule has 13 heteroatoms. The first-order valence-electron chi connectivity index (χ1n) is 11.5. The van der Waals surface area contributed by atoms with Crippen LogP contribution in [0.2, 0.25) is 0 Å². The molecule has 1 saturated heterocycles. The number of thioether (sulfide) groups is 2. The molecule has 0 radical (unpaired) electrons. The van der Waals surface area contributed by atoms with Gasteiger partial charge in [0, 0.05) is 12.7 Å². The molecule has 1 aromatic carbocycles. The summed E-state index contributed by atoms with van der Waals surface area (Å²) >= 11 is 2.97. The maximum absolute atomic E-state index is 13.4. The quantitative estimate of drug-likeness (QED) is 0.101. The van der Waals surface area contributed by atoms with E-state index in [2.05, 4.69) is 0 Å². The second-order valence-electron chi connectivity index (χ2n) is 8.48. The van der Waals surface area contributed by atoms with E-state index >= 15 is 0 Å². The molecule has 0 aliphatic carbocycles. The van der Waals surface area contributed by atoms with Gasteiger partial charge < -0.3 is 34.5 Å². The second-order valence-corrected chi connectivity index (χ2v) is 13.0. The number of carboxylic acid groups (broad SMARTS) is 1. The summed E-state index contributed by atoms with van der Waals surface area (Å²) in [5.74, 6) is -1.96. The fourth-order valence-corrected chi connectivity index (χ4v) is 7.22. The first-order valence-corrected chi connectivity index (χ1v) is 15.7. The number of carboxylic acids is 1. The number of aryl methyl sites for hydroxylation is 1. The summed E-state index contributed by atoms with van der Waals surface area (Å²) in [6.07, 6.45) is 5.64. The van der Waals surface area contributed by atoms with E-state index < -0.39 is 35.7 Å². The Morgan fingerprint density at radius 2 is 1.81 bits per heavy atom. The van der Waals surface area contributed by atoms with Gasteiger partial charge in [-0.3, -0.25) is 4.79 Å². The third-order valence-corrected chi connectivity index (χ3v) is 10.6. The Morgan fingerprint density at radius 3 is 2.36 bits per heavy atom. The fraction of sp³-hybridized carbons (Fsp3) is 0.652. The van der Waals surface area contributed by atoms with Crippen molar-refractivity contribution in [3.63, 3.8) is 0 Å². The maximum Gasteiger partial charge on any atom is 1.00 e. The summed E-state index contributed by atoms with van der Waals surface area (Å²) < 4.78 is 17.7. The number of nitrogens with two attached hydrogens (primary N) is 1. The van der Waals surface area contributed by atoms with Crippen molar-refractivity contribution >= 4 is 43.0 Å². The van der Waals surface area contributed by atoms with Crippen LogP contribution in [0.1, 0.15) is 44.1 Å². The van der Waals surface area contributed by atoms with Crippen LogP contribution in [0.5, 0.6) is 0 Å². The van der Waals surface area contributed by atoms with Gasteiger partial charge in [0.15, 0.2) is 0 Å². The van der Waals surface area contributed by atoms with Crippen molar-refractivity contribution in [1.29, 1.82) is 0 Å². The molecule has 1 heterocycles. The van der Waals surface area contributed by atoms with Crippen LogP contribution in [0.3, 0.4) is 0 Å². The summed E-state index contributed by atoms with van der Waals surface area (Å²) in [5, 5.41) is 11.8. The van der Waals surface area contributed by atoms with Crippen LogP contribution in [0.25, 0.3) is 0 Å². The topological polar surface area (TPSA) is 136 Å². The summed E-state index contributed by atoms with van der Waals surface area (Å²) in [5.41, 5.74) is 6.69. The Balaban J connectivity index is 0.00000612. The van der Waals surface area contributed by atoms with Crippen molar-refractivity contribution in [2.45, 2.75) is 61.2 Å². The van der Waals surface area contributed by atoms with E-state index in [9.17, 15) is 24.2 Å². The van der Waals surface area contributed by atoms with Gasteiger partial charge in [-0.25, -0.2) is 0 Å². The van der Waals surface area contributed by atoms with Crippen molar-refractivity contribution in [3.8, 4) is 0 Å². The van der Waals surface area contributed by atoms with Crippen LogP contribution in [-0.4, -0.2) is 64.8 Å². The summed E-state index contributed by atoms with van der Waals surface area (Å²) in [6.45, 7) is 0.590. The van der Waals surface area contributed by atoms with Gasteiger partial charge in [0.2, 0.25) is 0 Å². The number of amides is 1. The smallest absolute Gasteiger partial charge is 0.778 e. The Kier molecular flexibility index (Phi) is 17.8. The summed E-state index contributed by atoms with van der Waals surface area (Å²) in [4.78, 5) is 39.1. The number of rotatable bonds is 15. The predicted molar refractivity (Wildman–Crippen MR) is 135 cm³/mol. The molecule has 0 spiro atoms. The zero-order valence-electron chi connectivity index (χ0n) is 21.9. The predicted octanol–water partition coefficient (Wildman–Crippen LogP) is -4.14. The minimum Gasteiger partial charge on any atom is -0.778 e. The van der Waals surface area contributed by atoms with Gasteiger partial charge in [0.25, 0.3) is 5.91 Å². The number of likely N-dealkylation sites (tertiary alicyclic amines) is 1. The molecule has 1 amide bonds. The number of benzene rings is 1. The molecular formula is C23H35Li2N2O6PS2. The molecule has 0 aromatic heterocycles. The molecule has 0 bridgehead atoms. The van der Waals surface area contributed by atoms with Gasteiger partial charge in [-0.2, -0.15) is 0 Å². The Hall–Kier alpha value is 0.165. The van der Waals surface area contributed by atoms with Gasteiger partial charge in [-0.15, -0.1) is 23.5 Å². The molecule has 1 fully saturated rings. The molecule has 0 saturated carbocycles. The summed E-state index contributed by atoms with van der Waals surface area (Å²) in [7, 11) is -4.30. The Bertz CT molecular complexity index is 851. The third-order valence-electron chi connectivity index (χ3n) is 6.06. The third kappa shape index (κ3) is 11.1. The fourth-order valence-electron chi connectivity index (χ4n) is 4.07. The molecule has 2 rings (SSSR count). The second kappa shape index (κ2) is 17.7. The average molecular weight is 545 g/mol. The van der Waals surface area contributed by atoms with Gasteiger partial charge in [-0.1, -0.05) is 30.3 Å². The van der Waals surface area contributed by atoms with Crippen molar-refractivity contribution in [2.24, 2.45) is 5.73 Å². The number of aliphatic carboxylic acids is 1. The normalized spacial score (nSPS) is 19.0. The molecule has 1 unspecified atom stereocenters. The summed E-state index contributed by atoms with van der Waals surface area (Å²) in [6, 6.07) is 8.67. The molecule has 1 aromatic rings. The van der Waals surface area contributed by atoms with Crippen LogP contribution < -0.4 is 53.5 Å². The van der Waals surface area contributed by atoms with Crippen LogP contribution in [0, 0.1) is 0 Å². The maximum atomic E-state index is 13.4. The van der Waals surface area contributed by atoms with Crippen LogP contribution >= 0.6 is 31.1 Å². The molecule has 3 atom stereocenters. The van der Waals surface area contributed by atoms with Crippen molar-refractivity contribution in [2.75, 3.05) is 31.8 Å². The molecule has 1 aliphatic rings. The van der Waals surface area contributed by atoms with Crippen LogP contribution in [-0.2, 0) is 25.1 Å². The SMILES string of the molecule is CSC1(SC)C[C@@H](C(=O)[O-])N(C(=O)[C@H](CCCCN)OP(=O)([O-])CCCCc2ccccc2)C1.[Li+].[Li+]. The van der Waals surface area contributed by atoms with Crippen molar-refractivity contribution < 1.29 is 66.4 Å². The molecule has 8 nitrogen and oxygen atoms in total. The monoisotopic (exact) mass is 544 g/mol. The van der Waals surface area contributed by atoms with E-state index in [1.807, 2.05) is 42.8 Å². The minimum atomic E-state index is -4.30. The van der Waals surface area contributed by atoms with E-state index in [4.69, 9.17) is 10.3 Å². The molecular weight excluding hydrogens is 509 g/mol. The van der Waals surface area contributed by atoms with Crippen molar-refractivity contribution in [3.05, 3.63) is 35.9 Å². The van der Waals surface area contributed by atoms with E-state index in [1.54, 1.807) is 0 Å². The molecule has 2 N–H and O–H groups in total.